The maximum absolute atomic E-state index is 15.0. The molecule has 5 heterocycles. The summed E-state index contributed by atoms with van der Waals surface area (Å²) in [5, 5.41) is 22.8. The van der Waals surface area contributed by atoms with Crippen molar-refractivity contribution < 1.29 is 89.3 Å². The maximum atomic E-state index is 15.0. The van der Waals surface area contributed by atoms with E-state index in [4.69, 9.17) is 38.6 Å². The van der Waals surface area contributed by atoms with E-state index >= 15 is 0 Å². The van der Waals surface area contributed by atoms with Gasteiger partial charge in [0, 0.05) is 158 Å². The van der Waals surface area contributed by atoms with Crippen LogP contribution in [0.3, 0.4) is 0 Å². The molecule has 3 aliphatic carbocycles. The second-order valence-electron chi connectivity index (χ2n) is 29.0. The quantitative estimate of drug-likeness (QED) is 0.0140. The largest absolute Gasteiger partial charge is 0.505 e. The van der Waals surface area contributed by atoms with Crippen LogP contribution in [0.4, 0.5) is 27.6 Å². The molecule has 115 heavy (non-hydrogen) atoms. The van der Waals surface area contributed by atoms with Crippen LogP contribution < -0.4 is 23.8 Å². The van der Waals surface area contributed by atoms with Crippen LogP contribution in [0.2, 0.25) is 0 Å². The monoisotopic (exact) mass is 1660 g/mol. The summed E-state index contributed by atoms with van der Waals surface area (Å²) in [6, 6.07) is 30.3. The number of aromatic carboxylic acids is 1. The number of benzene rings is 6. The first-order valence-corrected chi connectivity index (χ1v) is 41.1. The Balaban J connectivity index is 0.000000159. The Morgan fingerprint density at radius 2 is 0.809 bits per heavy atom. The molecule has 1 aromatic heterocycles. The molecule has 0 bridgehead atoms. The first-order valence-electron chi connectivity index (χ1n) is 40.0. The van der Waals surface area contributed by atoms with Gasteiger partial charge in [-0.25, -0.2) is 41.1 Å². The number of carboxylic acids is 1. The topological polar surface area (TPSA) is 231 Å². The molecule has 4 aliphatic heterocycles. The minimum absolute atomic E-state index is 0.0663. The van der Waals surface area contributed by atoms with Gasteiger partial charge in [0.15, 0.2) is 57.8 Å². The third kappa shape index (κ3) is 27.2. The van der Waals surface area contributed by atoms with E-state index < -0.39 is 58.7 Å². The second kappa shape index (κ2) is 44.8. The number of piperazine rings is 3. The Morgan fingerprint density at radius 3 is 1.18 bits per heavy atom. The van der Waals surface area contributed by atoms with E-state index in [1.165, 1.54) is 93.1 Å². The molecular formula is C86H107BrF5N9O14. The van der Waals surface area contributed by atoms with Gasteiger partial charge in [0.25, 0.3) is 5.91 Å². The van der Waals surface area contributed by atoms with Gasteiger partial charge in [-0.1, -0.05) is 34.1 Å². The molecule has 0 atom stereocenters. The molecule has 6 fully saturated rings. The van der Waals surface area contributed by atoms with Crippen molar-refractivity contribution in [3.05, 3.63) is 195 Å². The molecule has 1 amide bonds. The predicted molar refractivity (Wildman–Crippen MR) is 429 cm³/mol. The highest BCUT2D eigenvalue weighted by Gasteiger charge is 2.34. The lowest BCUT2D eigenvalue weighted by Gasteiger charge is -2.34. The summed E-state index contributed by atoms with van der Waals surface area (Å²) in [6.07, 6.45) is 14.0. The van der Waals surface area contributed by atoms with Crippen molar-refractivity contribution >= 4 is 51.4 Å². The van der Waals surface area contributed by atoms with Gasteiger partial charge >= 0.3 is 23.9 Å². The highest BCUT2D eigenvalue weighted by atomic mass is 79.9. The number of fused-ring (bicyclic) bond motifs is 2. The number of esters is 3. The van der Waals surface area contributed by atoms with Crippen LogP contribution in [-0.4, -0.2) is 247 Å². The number of halogens is 6. The van der Waals surface area contributed by atoms with Crippen LogP contribution in [0.25, 0.3) is 0 Å². The SMILES string of the molecule is CCOC(=O)c1ccc(O)c(F)c1.CCOC(=O)c1ccc(OCCCBr)c(F)c1.CCOC(=O)c1ccc(OCCCN2CCN(C3CC3)CC2)c(F)c1.Cn1ncc2c1Cc1ccccc1N(C(=O)c1ccc(OCCCN3CCN(C4CC4)CC3)c(F)c1)C2.O=C(O)c1ccc(OCCCN2CCN(C3CC3)CC2)c(F)c1. The van der Waals surface area contributed by atoms with Crippen molar-refractivity contribution in [3.8, 4) is 28.7 Å². The fourth-order valence-electron chi connectivity index (χ4n) is 13.9. The van der Waals surface area contributed by atoms with Gasteiger partial charge in [0.1, 0.15) is 0 Å². The van der Waals surface area contributed by atoms with E-state index in [-0.39, 0.29) is 71.0 Å². The number of rotatable bonds is 30. The fraction of sp³-hybridized carbons (Fsp3) is 0.488. The minimum Gasteiger partial charge on any atom is -0.505 e. The number of carbonyl (C=O) groups excluding carboxylic acids is 4. The average molecular weight is 1670 g/mol. The van der Waals surface area contributed by atoms with E-state index in [0.29, 0.717) is 45.0 Å². The van der Waals surface area contributed by atoms with Gasteiger partial charge in [0.2, 0.25) is 0 Å². The highest BCUT2D eigenvalue weighted by molar-refractivity contribution is 9.09. The summed E-state index contributed by atoms with van der Waals surface area (Å²) in [7, 11) is 1.92. The Labute approximate surface area is 678 Å². The second-order valence-corrected chi connectivity index (χ2v) is 29.8. The third-order valence-corrected chi connectivity index (χ3v) is 21.2. The van der Waals surface area contributed by atoms with Crippen molar-refractivity contribution in [1.29, 1.82) is 0 Å². The Morgan fingerprint density at radius 1 is 0.452 bits per heavy atom. The summed E-state index contributed by atoms with van der Waals surface area (Å²) < 4.78 is 107. The zero-order valence-corrected chi connectivity index (χ0v) is 67.7. The molecule has 0 spiro atoms. The molecule has 23 nitrogen and oxygen atoms in total. The number of nitrogens with zero attached hydrogens (tertiary/aromatic N) is 9. The number of phenolic OH excluding ortho intramolecular Hbond substituents is 1. The van der Waals surface area contributed by atoms with Gasteiger partial charge in [0.05, 0.1) is 81.2 Å². The van der Waals surface area contributed by atoms with E-state index in [1.807, 2.05) is 42.2 Å². The summed E-state index contributed by atoms with van der Waals surface area (Å²) in [6.45, 7) is 24.5. The standard InChI is InChI=1S/C29H34FN5O2.C19H27FN2O3.C17H23FN2O3.C12H14BrFO3.C9H9FO3/c1-32-27-18-21-5-2-3-6-26(21)35(20-23(27)19-31-32)29(36)22-7-10-28(25(30)17-22)37-16-4-11-33-12-14-34(15-13-33)24-8-9-24;1-2-24-19(23)15-4-7-18(17(20)14-15)25-13-3-8-21-9-11-22(12-10-21)16-5-6-16;18-15-12-13(17(21)22)2-5-16(15)23-11-1-6-19-7-9-20(10-8-19)14-3-4-14;1-2-16-12(15)9-4-5-11(10(14)8-9)17-7-3-6-13;1-2-13-9(12)6-3-4-8(11)7(10)5-6/h2-3,5-7,10,17,19,24H,4,8-9,11-16,18,20H2,1H3;4,7,14,16H,2-3,5-6,8-13H2,1H3;2,5,12,14H,1,3-4,6-11H2,(H,21,22);4-5,8H,2-3,6-7H2,1H3;3-5,11H,2H2,1H3. The van der Waals surface area contributed by atoms with Gasteiger partial charge < -0.3 is 63.0 Å². The van der Waals surface area contributed by atoms with Crippen LogP contribution in [0.15, 0.2) is 121 Å². The lowest BCUT2D eigenvalue weighted by atomic mass is 10.1. The smallest absolute Gasteiger partial charge is 0.338 e. The van der Waals surface area contributed by atoms with Crippen molar-refractivity contribution in [3.63, 3.8) is 0 Å². The molecule has 7 aliphatic rings. The molecule has 622 valence electrons. The molecule has 6 aromatic carbocycles. The number of para-hydroxylation sites is 1. The average Bonchev–Trinajstić information content (AvgIpc) is 1.61. The number of alkyl halides is 1. The number of phenols is 1. The molecule has 29 heteroatoms. The van der Waals surface area contributed by atoms with Crippen LogP contribution in [0.5, 0.6) is 28.7 Å². The molecule has 3 saturated heterocycles. The van der Waals surface area contributed by atoms with Crippen molar-refractivity contribution in [2.75, 3.05) is 155 Å². The van der Waals surface area contributed by atoms with Gasteiger partial charge in [-0.05, 0) is 188 Å². The Hall–Kier alpha value is -9.23. The number of anilines is 1. The van der Waals surface area contributed by atoms with E-state index in [2.05, 4.69) is 55.2 Å². The highest BCUT2D eigenvalue weighted by Crippen LogP contribution is 2.34. The van der Waals surface area contributed by atoms with E-state index in [1.54, 1.807) is 37.8 Å². The normalized spacial score (nSPS) is 16.5. The van der Waals surface area contributed by atoms with Gasteiger partial charge in [-0.2, -0.15) is 5.10 Å². The fourth-order valence-corrected chi connectivity index (χ4v) is 14.1. The van der Waals surface area contributed by atoms with Crippen LogP contribution in [0, 0.1) is 29.1 Å². The molecule has 2 N–H and O–H groups in total. The number of aromatic nitrogens is 2. The first kappa shape index (κ1) is 88.1. The van der Waals surface area contributed by atoms with Crippen molar-refractivity contribution in [1.82, 2.24) is 39.2 Å². The summed E-state index contributed by atoms with van der Waals surface area (Å²) in [4.78, 5) is 75.1. The number of aryl methyl sites for hydroxylation is 1. The number of carboxylic acid groups (broad SMARTS) is 1. The number of hydrogen-bond acceptors (Lipinski definition) is 20. The number of carbonyl (C=O) groups is 5. The lowest BCUT2D eigenvalue weighted by Crippen LogP contribution is -2.47. The summed E-state index contributed by atoms with van der Waals surface area (Å²) >= 11 is 3.25. The van der Waals surface area contributed by atoms with Crippen molar-refractivity contribution in [2.24, 2.45) is 7.05 Å². The zero-order valence-electron chi connectivity index (χ0n) is 66.1. The number of ether oxygens (including phenoxy) is 7. The molecule has 0 unspecified atom stereocenters. The van der Waals surface area contributed by atoms with E-state index in [9.17, 15) is 45.9 Å². The lowest BCUT2D eigenvalue weighted by molar-refractivity contribution is 0.0516. The molecule has 0 radical (unpaired) electrons. The summed E-state index contributed by atoms with van der Waals surface area (Å²) in [5.41, 5.74) is 4.72. The van der Waals surface area contributed by atoms with Crippen molar-refractivity contribution in [2.45, 2.75) is 116 Å². The number of hydrogen-bond donors (Lipinski definition) is 2. The van der Waals surface area contributed by atoms with Gasteiger partial charge in [-0.3, -0.25) is 24.2 Å². The maximum Gasteiger partial charge on any atom is 0.338 e. The molecular weight excluding hydrogens is 1560 g/mol. The minimum atomic E-state index is -1.14. The number of aromatic hydroxyl groups is 1. The van der Waals surface area contributed by atoms with Gasteiger partial charge in [-0.15, -0.1) is 0 Å². The van der Waals surface area contributed by atoms with Crippen LogP contribution in [-0.2, 0) is 34.2 Å². The molecule has 14 rings (SSSR count). The molecule has 3 saturated carbocycles. The van der Waals surface area contributed by atoms with E-state index in [0.717, 1.165) is 194 Å². The van der Waals surface area contributed by atoms with Crippen LogP contribution in [0.1, 0.15) is 154 Å². The third-order valence-electron chi connectivity index (χ3n) is 20.6. The summed E-state index contributed by atoms with van der Waals surface area (Å²) in [5.74, 6) is -5.87. The molecule has 7 aromatic rings. The Kier molecular flexibility index (Phi) is 34.3. The zero-order chi connectivity index (χ0) is 81.8. The Bertz CT molecular complexity index is 4320. The number of amides is 1. The first-order chi connectivity index (χ1) is 55.7. The predicted octanol–water partition coefficient (Wildman–Crippen LogP) is 13.4. The van der Waals surface area contributed by atoms with Crippen LogP contribution >= 0.6 is 15.9 Å².